The lowest BCUT2D eigenvalue weighted by atomic mass is 9.94. The largest absolute Gasteiger partial charge is 0.496 e. The Balaban J connectivity index is 2.43. The molecule has 0 aliphatic carbocycles. The van der Waals surface area contributed by atoms with Gasteiger partial charge in [0.05, 0.1) is 19.1 Å². The molecule has 0 amide bonds. The van der Waals surface area contributed by atoms with E-state index in [1.165, 1.54) is 0 Å². The van der Waals surface area contributed by atoms with Gasteiger partial charge in [-0.15, -0.1) is 0 Å². The Labute approximate surface area is 169 Å². The maximum Gasteiger partial charge on any atom is 0.241 e. The maximum atomic E-state index is 13.1. The Morgan fingerprint density at radius 3 is 2.00 bits per heavy atom. The Morgan fingerprint density at radius 2 is 1.46 bits per heavy atom. The predicted octanol–water partition coefficient (Wildman–Crippen LogP) is 4.79. The zero-order chi connectivity index (χ0) is 21.2. The summed E-state index contributed by atoms with van der Waals surface area (Å²) in [5.41, 5.74) is 4.50. The first-order valence-corrected chi connectivity index (χ1v) is 10.9. The molecule has 0 bridgehead atoms. The molecular formula is C22H31NO4S. The fraction of sp³-hybridized carbons (Fsp3) is 0.455. The van der Waals surface area contributed by atoms with Crippen LogP contribution in [-0.4, -0.2) is 22.6 Å². The van der Waals surface area contributed by atoms with E-state index in [-0.39, 0.29) is 16.9 Å². The quantitative estimate of drug-likeness (QED) is 0.719. The van der Waals surface area contributed by atoms with Crippen LogP contribution in [0.15, 0.2) is 29.2 Å². The zero-order valence-corrected chi connectivity index (χ0v) is 18.8. The van der Waals surface area contributed by atoms with E-state index in [1.807, 2.05) is 32.9 Å². The fourth-order valence-corrected chi connectivity index (χ4v) is 4.98. The molecule has 28 heavy (non-hydrogen) atoms. The van der Waals surface area contributed by atoms with Gasteiger partial charge in [-0.2, -0.15) is 0 Å². The van der Waals surface area contributed by atoms with Crippen molar-refractivity contribution < 1.29 is 17.9 Å². The minimum atomic E-state index is -3.69. The minimum Gasteiger partial charge on any atom is -0.496 e. The van der Waals surface area contributed by atoms with Crippen molar-refractivity contribution in [3.8, 4) is 11.5 Å². The first kappa shape index (κ1) is 22.2. The van der Waals surface area contributed by atoms with Crippen LogP contribution in [0.4, 0.5) is 0 Å². The molecule has 0 unspecified atom stereocenters. The van der Waals surface area contributed by atoms with Gasteiger partial charge in [-0.1, -0.05) is 13.8 Å². The van der Waals surface area contributed by atoms with E-state index in [1.54, 1.807) is 33.3 Å². The number of ether oxygens (including phenoxy) is 2. The van der Waals surface area contributed by atoms with E-state index in [2.05, 4.69) is 18.6 Å². The molecule has 2 rings (SSSR count). The molecule has 2 aromatic carbocycles. The monoisotopic (exact) mass is 405 g/mol. The average Bonchev–Trinajstić information content (AvgIpc) is 2.62. The second-order valence-electron chi connectivity index (χ2n) is 7.46. The van der Waals surface area contributed by atoms with Crippen molar-refractivity contribution in [1.82, 2.24) is 4.72 Å². The van der Waals surface area contributed by atoms with Crippen LogP contribution in [0.5, 0.6) is 11.5 Å². The number of methoxy groups -OCH3 is 2. The summed E-state index contributed by atoms with van der Waals surface area (Å²) < 4.78 is 39.7. The van der Waals surface area contributed by atoms with Crippen LogP contribution in [0.25, 0.3) is 0 Å². The molecule has 0 saturated heterocycles. The summed E-state index contributed by atoms with van der Waals surface area (Å²) in [6.45, 7) is 11.7. The van der Waals surface area contributed by atoms with E-state index < -0.39 is 10.0 Å². The number of rotatable bonds is 7. The van der Waals surface area contributed by atoms with Crippen LogP contribution in [0, 0.1) is 20.8 Å². The van der Waals surface area contributed by atoms with Gasteiger partial charge in [0.15, 0.2) is 0 Å². The van der Waals surface area contributed by atoms with Gasteiger partial charge in [-0.05, 0) is 85.7 Å². The van der Waals surface area contributed by atoms with E-state index in [9.17, 15) is 8.42 Å². The minimum absolute atomic E-state index is 0.268. The Bertz CT molecular complexity index is 965. The third kappa shape index (κ3) is 4.33. The molecule has 2 aromatic rings. The van der Waals surface area contributed by atoms with Crippen molar-refractivity contribution in [2.45, 2.75) is 58.4 Å². The summed E-state index contributed by atoms with van der Waals surface area (Å²) in [4.78, 5) is 0.271. The molecule has 154 valence electrons. The molecule has 1 N–H and O–H groups in total. The van der Waals surface area contributed by atoms with Crippen LogP contribution in [0.1, 0.15) is 60.5 Å². The molecule has 0 aromatic heterocycles. The first-order chi connectivity index (χ1) is 13.0. The third-order valence-electron chi connectivity index (χ3n) is 5.24. The van der Waals surface area contributed by atoms with Gasteiger partial charge < -0.3 is 9.47 Å². The second kappa shape index (κ2) is 8.53. The number of sulfonamides is 1. The molecule has 0 saturated carbocycles. The lowest BCUT2D eigenvalue weighted by Crippen LogP contribution is -2.28. The molecule has 0 heterocycles. The van der Waals surface area contributed by atoms with E-state index >= 15 is 0 Å². The Morgan fingerprint density at radius 1 is 0.857 bits per heavy atom. The highest BCUT2D eigenvalue weighted by Crippen LogP contribution is 2.33. The van der Waals surface area contributed by atoms with Crippen LogP contribution < -0.4 is 14.2 Å². The van der Waals surface area contributed by atoms with Gasteiger partial charge in [0.2, 0.25) is 10.0 Å². The Kier molecular flexibility index (Phi) is 6.78. The highest BCUT2D eigenvalue weighted by atomic mass is 32.2. The topological polar surface area (TPSA) is 64.6 Å². The van der Waals surface area contributed by atoms with Gasteiger partial charge in [0.1, 0.15) is 11.5 Å². The highest BCUT2D eigenvalue weighted by molar-refractivity contribution is 7.89. The molecule has 0 aliphatic heterocycles. The molecule has 0 spiro atoms. The highest BCUT2D eigenvalue weighted by Gasteiger charge is 2.24. The fourth-order valence-electron chi connectivity index (χ4n) is 3.45. The van der Waals surface area contributed by atoms with E-state index in [4.69, 9.17) is 9.47 Å². The van der Waals surface area contributed by atoms with Crippen LogP contribution in [-0.2, 0) is 10.0 Å². The average molecular weight is 406 g/mol. The van der Waals surface area contributed by atoms with Gasteiger partial charge >= 0.3 is 0 Å². The van der Waals surface area contributed by atoms with Crippen molar-refractivity contribution >= 4 is 10.0 Å². The van der Waals surface area contributed by atoms with Gasteiger partial charge in [0, 0.05) is 6.04 Å². The number of aryl methyl sites for hydroxylation is 1. The maximum absolute atomic E-state index is 13.1. The molecule has 0 fully saturated rings. The second-order valence-corrected chi connectivity index (χ2v) is 9.15. The lowest BCUT2D eigenvalue weighted by Gasteiger charge is -2.22. The summed E-state index contributed by atoms with van der Waals surface area (Å²) in [7, 11) is -0.456. The standard InChI is InChI=1S/C22H31NO4S/c1-13(2)18-12-19(14(3)11-21(18)27-8)17(6)23-28(24,25)22-10-9-20(26-7)15(4)16(22)5/h9-13,17,23H,1-8H3/t17-/m0/s1. The van der Waals surface area contributed by atoms with E-state index in [0.29, 0.717) is 11.3 Å². The van der Waals surface area contributed by atoms with Gasteiger partial charge in [-0.3, -0.25) is 0 Å². The predicted molar refractivity (Wildman–Crippen MR) is 113 cm³/mol. The third-order valence-corrected chi connectivity index (χ3v) is 6.92. The molecular weight excluding hydrogens is 374 g/mol. The van der Waals surface area contributed by atoms with E-state index in [0.717, 1.165) is 28.0 Å². The summed E-state index contributed by atoms with van der Waals surface area (Å²) >= 11 is 0. The SMILES string of the molecule is COc1cc(C)c([C@H](C)NS(=O)(=O)c2ccc(OC)c(C)c2C)cc1C(C)C. The van der Waals surface area contributed by atoms with Gasteiger partial charge in [-0.25, -0.2) is 13.1 Å². The number of hydrogen-bond acceptors (Lipinski definition) is 4. The summed E-state index contributed by atoms with van der Waals surface area (Å²) in [5.74, 6) is 1.77. The number of hydrogen-bond donors (Lipinski definition) is 1. The lowest BCUT2D eigenvalue weighted by molar-refractivity contribution is 0.406. The number of benzene rings is 2. The van der Waals surface area contributed by atoms with Crippen molar-refractivity contribution in [1.29, 1.82) is 0 Å². The molecule has 6 heteroatoms. The number of nitrogens with one attached hydrogen (secondary N) is 1. The van der Waals surface area contributed by atoms with Crippen LogP contribution in [0.2, 0.25) is 0 Å². The van der Waals surface area contributed by atoms with Crippen molar-refractivity contribution in [3.63, 3.8) is 0 Å². The smallest absolute Gasteiger partial charge is 0.241 e. The molecule has 0 radical (unpaired) electrons. The Hall–Kier alpha value is -2.05. The van der Waals surface area contributed by atoms with Crippen LogP contribution in [0.3, 0.4) is 0 Å². The van der Waals surface area contributed by atoms with Gasteiger partial charge in [0.25, 0.3) is 0 Å². The molecule has 1 atom stereocenters. The summed E-state index contributed by atoms with van der Waals surface area (Å²) in [6.07, 6.45) is 0. The normalized spacial score (nSPS) is 12.9. The van der Waals surface area contributed by atoms with Crippen LogP contribution >= 0.6 is 0 Å². The first-order valence-electron chi connectivity index (χ1n) is 9.38. The van der Waals surface area contributed by atoms with Crippen molar-refractivity contribution in [2.75, 3.05) is 14.2 Å². The summed E-state index contributed by atoms with van der Waals surface area (Å²) in [5, 5.41) is 0. The van der Waals surface area contributed by atoms with Crippen molar-refractivity contribution in [3.05, 3.63) is 52.1 Å². The zero-order valence-electron chi connectivity index (χ0n) is 18.0. The van der Waals surface area contributed by atoms with Crippen molar-refractivity contribution in [2.24, 2.45) is 0 Å². The molecule has 5 nitrogen and oxygen atoms in total. The summed E-state index contributed by atoms with van der Waals surface area (Å²) in [6, 6.07) is 6.92. The molecule has 0 aliphatic rings.